The molecule has 2 nitrogen and oxygen atoms in total. The van der Waals surface area contributed by atoms with Crippen molar-refractivity contribution >= 4 is 17.3 Å². The van der Waals surface area contributed by atoms with Crippen LogP contribution in [0.1, 0.15) is 19.4 Å². The summed E-state index contributed by atoms with van der Waals surface area (Å²) in [6.45, 7) is 6.36. The lowest BCUT2D eigenvalue weighted by Crippen LogP contribution is -2.37. The lowest BCUT2D eigenvalue weighted by molar-refractivity contribution is 0.419. The quantitative estimate of drug-likeness (QED) is 0.767. The smallest absolute Gasteiger partial charge is 0.0426 e. The van der Waals surface area contributed by atoms with Crippen LogP contribution in [-0.4, -0.2) is 12.6 Å². The first-order valence-corrected chi connectivity index (χ1v) is 5.80. The van der Waals surface area contributed by atoms with Gasteiger partial charge in [0.05, 0.1) is 0 Å². The molecule has 0 fully saturated rings. The average molecular weight is 225 g/mol. The summed E-state index contributed by atoms with van der Waals surface area (Å²) in [4.78, 5) is 0. The van der Waals surface area contributed by atoms with E-state index in [2.05, 4.69) is 30.5 Å². The molecule has 1 heterocycles. The van der Waals surface area contributed by atoms with Gasteiger partial charge in [-0.3, -0.25) is 0 Å². The van der Waals surface area contributed by atoms with Crippen LogP contribution in [-0.2, 0) is 6.54 Å². The van der Waals surface area contributed by atoms with Crippen molar-refractivity contribution in [1.29, 1.82) is 0 Å². The van der Waals surface area contributed by atoms with Gasteiger partial charge in [-0.25, -0.2) is 0 Å². The van der Waals surface area contributed by atoms with E-state index in [-0.39, 0.29) is 0 Å². The average Bonchev–Trinajstić information content (AvgIpc) is 2.39. The van der Waals surface area contributed by atoms with E-state index < -0.39 is 0 Å². The van der Waals surface area contributed by atoms with Crippen LogP contribution < -0.4 is 10.6 Å². The number of hydrogen-bond donors (Lipinski definition) is 2. The summed E-state index contributed by atoms with van der Waals surface area (Å²) in [5.41, 5.74) is 2.46. The molecule has 0 spiro atoms. The van der Waals surface area contributed by atoms with Gasteiger partial charge in [0.25, 0.3) is 0 Å². The molecule has 2 rings (SSSR count). The number of nitrogens with one attached hydrogen (secondary N) is 2. The van der Waals surface area contributed by atoms with Crippen LogP contribution in [0.5, 0.6) is 0 Å². The van der Waals surface area contributed by atoms with Gasteiger partial charge in [0.15, 0.2) is 0 Å². The lowest BCUT2D eigenvalue weighted by Gasteiger charge is -2.19. The van der Waals surface area contributed by atoms with Gasteiger partial charge in [0.2, 0.25) is 0 Å². The fourth-order valence-corrected chi connectivity index (χ4v) is 2.04. The van der Waals surface area contributed by atoms with Crippen molar-refractivity contribution in [3.8, 4) is 0 Å². The van der Waals surface area contributed by atoms with E-state index in [1.54, 1.807) is 0 Å². The zero-order valence-electron chi connectivity index (χ0n) is 9.18. The maximum Gasteiger partial charge on any atom is 0.0426 e. The molecule has 2 N–H and O–H groups in total. The molecule has 1 aliphatic rings. The number of rotatable bonds is 1. The largest absolute Gasteiger partial charge is 0.383 e. The highest BCUT2D eigenvalue weighted by atomic mass is 35.5. The molecular formula is C12H17ClN2. The maximum absolute atomic E-state index is 5.97. The lowest BCUT2D eigenvalue weighted by atomic mass is 10.1. The minimum Gasteiger partial charge on any atom is -0.383 e. The van der Waals surface area contributed by atoms with E-state index in [0.29, 0.717) is 12.0 Å². The third-order valence-electron chi connectivity index (χ3n) is 2.94. The van der Waals surface area contributed by atoms with Crippen molar-refractivity contribution in [2.24, 2.45) is 5.92 Å². The Hall–Kier alpha value is -0.730. The highest BCUT2D eigenvalue weighted by Crippen LogP contribution is 2.23. The van der Waals surface area contributed by atoms with Crippen LogP contribution >= 0.6 is 11.6 Å². The summed E-state index contributed by atoms with van der Waals surface area (Å²) in [6.07, 6.45) is 0. The summed E-state index contributed by atoms with van der Waals surface area (Å²) < 4.78 is 0. The van der Waals surface area contributed by atoms with E-state index in [9.17, 15) is 0 Å². The molecule has 1 aromatic carbocycles. The highest BCUT2D eigenvalue weighted by Gasteiger charge is 2.17. The van der Waals surface area contributed by atoms with Crippen LogP contribution in [0.4, 0.5) is 5.69 Å². The van der Waals surface area contributed by atoms with Gasteiger partial charge in [-0.15, -0.1) is 0 Å². The third kappa shape index (κ3) is 2.44. The van der Waals surface area contributed by atoms with Gasteiger partial charge < -0.3 is 10.6 Å². The number of anilines is 1. The Kier molecular flexibility index (Phi) is 3.17. The van der Waals surface area contributed by atoms with E-state index in [1.165, 1.54) is 5.56 Å². The second-order valence-corrected chi connectivity index (χ2v) is 4.85. The van der Waals surface area contributed by atoms with Gasteiger partial charge in [0.1, 0.15) is 0 Å². The van der Waals surface area contributed by atoms with Gasteiger partial charge in [0, 0.05) is 29.8 Å². The first-order valence-electron chi connectivity index (χ1n) is 5.42. The fraction of sp³-hybridized carbons (Fsp3) is 0.500. The maximum atomic E-state index is 5.97. The molecule has 0 amide bonds. The molecule has 0 aliphatic carbocycles. The van der Waals surface area contributed by atoms with Crippen molar-refractivity contribution in [2.45, 2.75) is 26.4 Å². The van der Waals surface area contributed by atoms with E-state index >= 15 is 0 Å². The molecule has 0 radical (unpaired) electrons. The number of fused-ring (bicyclic) bond motifs is 1. The third-order valence-corrected chi connectivity index (χ3v) is 3.18. The summed E-state index contributed by atoms with van der Waals surface area (Å²) in [5, 5.41) is 7.80. The van der Waals surface area contributed by atoms with Crippen molar-refractivity contribution < 1.29 is 0 Å². The molecule has 0 saturated carbocycles. The normalized spacial score (nSPS) is 20.7. The van der Waals surface area contributed by atoms with Gasteiger partial charge in [-0.05, 0) is 23.6 Å². The van der Waals surface area contributed by atoms with Crippen molar-refractivity contribution in [3.05, 3.63) is 28.8 Å². The van der Waals surface area contributed by atoms with Crippen LogP contribution in [0, 0.1) is 5.92 Å². The molecule has 1 atom stereocenters. The van der Waals surface area contributed by atoms with Gasteiger partial charge >= 0.3 is 0 Å². The Morgan fingerprint density at radius 3 is 2.93 bits per heavy atom. The van der Waals surface area contributed by atoms with E-state index in [1.807, 2.05) is 12.1 Å². The van der Waals surface area contributed by atoms with Crippen LogP contribution in [0.3, 0.4) is 0 Å². The SMILES string of the molecule is CC(C)C1CNc2cc(Cl)ccc2CN1. The summed E-state index contributed by atoms with van der Waals surface area (Å²) in [6, 6.07) is 6.55. The Morgan fingerprint density at radius 1 is 1.40 bits per heavy atom. The molecule has 15 heavy (non-hydrogen) atoms. The molecule has 1 aliphatic heterocycles. The Bertz CT molecular complexity index is 349. The molecular weight excluding hydrogens is 208 g/mol. The summed E-state index contributed by atoms with van der Waals surface area (Å²) in [7, 11) is 0. The molecule has 82 valence electrons. The predicted octanol–water partition coefficient (Wildman–Crippen LogP) is 2.88. The monoisotopic (exact) mass is 224 g/mol. The minimum absolute atomic E-state index is 0.524. The molecule has 1 aromatic rings. The Morgan fingerprint density at radius 2 is 2.20 bits per heavy atom. The van der Waals surface area contributed by atoms with Crippen molar-refractivity contribution in [2.75, 3.05) is 11.9 Å². The van der Waals surface area contributed by atoms with Gasteiger partial charge in [-0.1, -0.05) is 31.5 Å². The van der Waals surface area contributed by atoms with Crippen LogP contribution in [0.25, 0.3) is 0 Å². The van der Waals surface area contributed by atoms with Crippen molar-refractivity contribution in [1.82, 2.24) is 5.32 Å². The van der Waals surface area contributed by atoms with Crippen LogP contribution in [0.2, 0.25) is 5.02 Å². The molecule has 0 bridgehead atoms. The first kappa shape index (κ1) is 10.8. The second kappa shape index (κ2) is 4.42. The first-order chi connectivity index (χ1) is 7.16. The zero-order chi connectivity index (χ0) is 10.8. The van der Waals surface area contributed by atoms with E-state index in [4.69, 9.17) is 11.6 Å². The molecule has 3 heteroatoms. The zero-order valence-corrected chi connectivity index (χ0v) is 9.93. The number of hydrogen-bond acceptors (Lipinski definition) is 2. The topological polar surface area (TPSA) is 24.1 Å². The summed E-state index contributed by atoms with van der Waals surface area (Å²) >= 11 is 5.97. The second-order valence-electron chi connectivity index (χ2n) is 4.41. The van der Waals surface area contributed by atoms with Crippen molar-refractivity contribution in [3.63, 3.8) is 0 Å². The standard InChI is InChI=1S/C12H17ClN2/c1-8(2)12-7-15-11-5-10(13)4-3-9(11)6-14-12/h3-5,8,12,14-15H,6-7H2,1-2H3. The number of halogens is 1. The Labute approximate surface area is 96.0 Å². The Balaban J connectivity index is 2.18. The van der Waals surface area contributed by atoms with Gasteiger partial charge in [-0.2, -0.15) is 0 Å². The number of benzene rings is 1. The predicted molar refractivity (Wildman–Crippen MR) is 65.4 cm³/mol. The molecule has 0 aromatic heterocycles. The van der Waals surface area contributed by atoms with Crippen LogP contribution in [0.15, 0.2) is 18.2 Å². The summed E-state index contributed by atoms with van der Waals surface area (Å²) in [5.74, 6) is 0.641. The fourth-order valence-electron chi connectivity index (χ4n) is 1.87. The highest BCUT2D eigenvalue weighted by molar-refractivity contribution is 6.30. The van der Waals surface area contributed by atoms with E-state index in [0.717, 1.165) is 23.8 Å². The molecule has 0 saturated heterocycles. The minimum atomic E-state index is 0.524. The molecule has 1 unspecified atom stereocenters.